The minimum atomic E-state index is -0.338. The number of aromatic nitrogens is 2. The molecule has 0 spiro atoms. The summed E-state index contributed by atoms with van der Waals surface area (Å²) in [5.74, 6) is 0.850. The van der Waals surface area contributed by atoms with Gasteiger partial charge in [0.1, 0.15) is 5.75 Å². The lowest BCUT2D eigenvalue weighted by molar-refractivity contribution is 0.411. The van der Waals surface area contributed by atoms with Gasteiger partial charge in [-0.15, -0.1) is 0 Å². The van der Waals surface area contributed by atoms with E-state index in [4.69, 9.17) is 4.74 Å². The zero-order valence-electron chi connectivity index (χ0n) is 10.1. The zero-order chi connectivity index (χ0) is 12.4. The third-order valence-corrected chi connectivity index (χ3v) is 2.92. The third kappa shape index (κ3) is 2.06. The Labute approximate surface area is 99.3 Å². The second-order valence-corrected chi connectivity index (χ2v) is 3.85. The van der Waals surface area contributed by atoms with Gasteiger partial charge in [0, 0.05) is 11.8 Å². The van der Waals surface area contributed by atoms with Crippen molar-refractivity contribution >= 4 is 0 Å². The van der Waals surface area contributed by atoms with Crippen LogP contribution in [0.2, 0.25) is 0 Å². The van der Waals surface area contributed by atoms with Gasteiger partial charge in [-0.25, -0.2) is 9.78 Å². The Morgan fingerprint density at radius 1 is 1.18 bits per heavy atom. The first-order chi connectivity index (χ1) is 8.13. The van der Waals surface area contributed by atoms with Crippen molar-refractivity contribution in [3.05, 3.63) is 46.0 Å². The number of benzene rings is 1. The summed E-state index contributed by atoms with van der Waals surface area (Å²) in [5.41, 5.74) is 3.58. The molecule has 88 valence electrons. The molecule has 2 rings (SSSR count). The molecule has 2 aromatic rings. The van der Waals surface area contributed by atoms with Crippen LogP contribution >= 0.6 is 0 Å². The number of nitrogens with zero attached hydrogens (tertiary/aromatic N) is 1. The summed E-state index contributed by atoms with van der Waals surface area (Å²) in [5, 5.41) is 0. The lowest BCUT2D eigenvalue weighted by Crippen LogP contribution is -2.09. The van der Waals surface area contributed by atoms with Gasteiger partial charge in [0.05, 0.1) is 12.8 Å². The topological polar surface area (TPSA) is 55.0 Å². The van der Waals surface area contributed by atoms with Crippen molar-refractivity contribution in [2.75, 3.05) is 7.11 Å². The quantitative estimate of drug-likeness (QED) is 0.859. The standard InChI is InChI=1S/C13H14N2O2/c1-8-9(2)12(17-3)5-4-10(8)11-6-7-14-13(16)15-11/h4-7H,1-3H3,(H,14,15,16). The monoisotopic (exact) mass is 230 g/mol. The summed E-state index contributed by atoms with van der Waals surface area (Å²) in [7, 11) is 1.65. The molecule has 1 aromatic carbocycles. The Balaban J connectivity index is 2.61. The van der Waals surface area contributed by atoms with E-state index in [1.807, 2.05) is 26.0 Å². The Kier molecular flexibility index (Phi) is 2.95. The van der Waals surface area contributed by atoms with Crippen LogP contribution in [0.3, 0.4) is 0 Å². The van der Waals surface area contributed by atoms with Crippen molar-refractivity contribution in [3.8, 4) is 17.0 Å². The number of H-pyrrole nitrogens is 1. The first-order valence-corrected chi connectivity index (χ1v) is 5.33. The highest BCUT2D eigenvalue weighted by molar-refractivity contribution is 5.66. The second-order valence-electron chi connectivity index (χ2n) is 3.85. The fraction of sp³-hybridized carbons (Fsp3) is 0.231. The average molecular weight is 230 g/mol. The molecule has 0 unspecified atom stereocenters. The molecular formula is C13H14N2O2. The van der Waals surface area contributed by atoms with E-state index in [0.29, 0.717) is 0 Å². The van der Waals surface area contributed by atoms with Crippen LogP contribution in [0.5, 0.6) is 5.75 Å². The largest absolute Gasteiger partial charge is 0.496 e. The van der Waals surface area contributed by atoms with Crippen LogP contribution in [0.1, 0.15) is 11.1 Å². The third-order valence-electron chi connectivity index (χ3n) is 2.92. The van der Waals surface area contributed by atoms with Gasteiger partial charge >= 0.3 is 5.69 Å². The molecule has 4 heteroatoms. The minimum Gasteiger partial charge on any atom is -0.496 e. The molecule has 17 heavy (non-hydrogen) atoms. The van der Waals surface area contributed by atoms with E-state index >= 15 is 0 Å². The summed E-state index contributed by atoms with van der Waals surface area (Å²) < 4.78 is 5.26. The molecule has 1 heterocycles. The van der Waals surface area contributed by atoms with Crippen molar-refractivity contribution in [2.24, 2.45) is 0 Å². The molecule has 4 nitrogen and oxygen atoms in total. The van der Waals surface area contributed by atoms with E-state index in [9.17, 15) is 4.79 Å². The van der Waals surface area contributed by atoms with Gasteiger partial charge in [0.25, 0.3) is 0 Å². The van der Waals surface area contributed by atoms with Crippen LogP contribution < -0.4 is 10.4 Å². The van der Waals surface area contributed by atoms with E-state index in [2.05, 4.69) is 9.97 Å². The highest BCUT2D eigenvalue weighted by Crippen LogP contribution is 2.29. The second kappa shape index (κ2) is 4.41. The van der Waals surface area contributed by atoms with E-state index in [0.717, 1.165) is 28.1 Å². The van der Waals surface area contributed by atoms with Gasteiger partial charge in [-0.2, -0.15) is 0 Å². The smallest absolute Gasteiger partial charge is 0.345 e. The normalized spacial score (nSPS) is 10.3. The summed E-state index contributed by atoms with van der Waals surface area (Å²) in [6, 6.07) is 5.62. The van der Waals surface area contributed by atoms with Crippen molar-refractivity contribution in [1.82, 2.24) is 9.97 Å². The first-order valence-electron chi connectivity index (χ1n) is 5.33. The number of aromatic amines is 1. The molecular weight excluding hydrogens is 216 g/mol. The SMILES string of the molecule is COc1ccc(-c2ccnc(=O)[nH]2)c(C)c1C. The molecule has 0 atom stereocenters. The molecule has 0 saturated heterocycles. The molecule has 0 fully saturated rings. The van der Waals surface area contributed by atoms with Crippen molar-refractivity contribution in [2.45, 2.75) is 13.8 Å². The van der Waals surface area contributed by atoms with Crippen LogP contribution in [0, 0.1) is 13.8 Å². The molecule has 0 saturated carbocycles. The maximum atomic E-state index is 11.2. The van der Waals surface area contributed by atoms with Crippen LogP contribution in [0.4, 0.5) is 0 Å². The van der Waals surface area contributed by atoms with Gasteiger partial charge in [0.15, 0.2) is 0 Å². The molecule has 0 aliphatic heterocycles. The van der Waals surface area contributed by atoms with Crippen molar-refractivity contribution in [3.63, 3.8) is 0 Å². The van der Waals surface area contributed by atoms with Gasteiger partial charge in [-0.3, -0.25) is 0 Å². The maximum Gasteiger partial charge on any atom is 0.345 e. The van der Waals surface area contributed by atoms with E-state index < -0.39 is 0 Å². The Hall–Kier alpha value is -2.10. The van der Waals surface area contributed by atoms with Crippen LogP contribution in [0.15, 0.2) is 29.2 Å². The molecule has 0 bridgehead atoms. The Morgan fingerprint density at radius 2 is 1.94 bits per heavy atom. The summed E-state index contributed by atoms with van der Waals surface area (Å²) in [6.45, 7) is 4.00. The van der Waals surface area contributed by atoms with Crippen molar-refractivity contribution < 1.29 is 4.74 Å². The number of ether oxygens (including phenoxy) is 1. The van der Waals surface area contributed by atoms with Crippen LogP contribution in [-0.2, 0) is 0 Å². The van der Waals surface area contributed by atoms with Crippen LogP contribution in [0.25, 0.3) is 11.3 Å². The summed E-state index contributed by atoms with van der Waals surface area (Å²) in [4.78, 5) is 17.5. The molecule has 0 aliphatic carbocycles. The van der Waals surface area contributed by atoms with Gasteiger partial charge < -0.3 is 9.72 Å². The van der Waals surface area contributed by atoms with Crippen LogP contribution in [-0.4, -0.2) is 17.1 Å². The van der Waals surface area contributed by atoms with E-state index in [-0.39, 0.29) is 5.69 Å². The molecule has 1 aromatic heterocycles. The fourth-order valence-corrected chi connectivity index (χ4v) is 1.83. The first kappa shape index (κ1) is 11.4. The lowest BCUT2D eigenvalue weighted by Gasteiger charge is -2.12. The number of methoxy groups -OCH3 is 1. The van der Waals surface area contributed by atoms with E-state index in [1.165, 1.54) is 6.20 Å². The predicted molar refractivity (Wildman–Crippen MR) is 66.3 cm³/mol. The Bertz CT molecular complexity index is 603. The molecule has 0 radical (unpaired) electrons. The Morgan fingerprint density at radius 3 is 2.59 bits per heavy atom. The highest BCUT2D eigenvalue weighted by atomic mass is 16.5. The molecule has 0 aliphatic rings. The fourth-order valence-electron chi connectivity index (χ4n) is 1.83. The summed E-state index contributed by atoms with van der Waals surface area (Å²) in [6.07, 6.45) is 1.51. The van der Waals surface area contributed by atoms with Crippen molar-refractivity contribution in [1.29, 1.82) is 0 Å². The highest BCUT2D eigenvalue weighted by Gasteiger charge is 2.08. The minimum absolute atomic E-state index is 0.338. The molecule has 0 amide bonds. The van der Waals surface area contributed by atoms with E-state index in [1.54, 1.807) is 13.2 Å². The number of nitrogens with one attached hydrogen (secondary N) is 1. The predicted octanol–water partition coefficient (Wildman–Crippen LogP) is 2.06. The zero-order valence-corrected chi connectivity index (χ0v) is 10.1. The summed E-state index contributed by atoms with van der Waals surface area (Å²) >= 11 is 0. The average Bonchev–Trinajstić information content (AvgIpc) is 2.32. The van der Waals surface area contributed by atoms with Gasteiger partial charge in [0.2, 0.25) is 0 Å². The number of rotatable bonds is 2. The van der Waals surface area contributed by atoms with Gasteiger partial charge in [-0.05, 0) is 43.2 Å². The molecule has 1 N–H and O–H groups in total. The maximum absolute atomic E-state index is 11.2. The number of hydrogen-bond acceptors (Lipinski definition) is 3. The van der Waals surface area contributed by atoms with Gasteiger partial charge in [-0.1, -0.05) is 0 Å². The lowest BCUT2D eigenvalue weighted by atomic mass is 10.00. The number of hydrogen-bond donors (Lipinski definition) is 1.